The number of methoxy groups -OCH3 is 1. The van der Waals surface area contributed by atoms with Gasteiger partial charge in [0.1, 0.15) is 17.3 Å². The molecule has 2 saturated heterocycles. The first-order valence-electron chi connectivity index (χ1n) is 16.1. The van der Waals surface area contributed by atoms with Crippen LogP contribution in [0.4, 0.5) is 5.69 Å². The standard InChI is InChI=1S/C34H50N6O4/c1-4-37(5-2)23-24-39-26-40(28-11-7-6-8-12-28)34(33(39)43)18-21-38(22-19-34)32(42)30(36-31(41)13-9-10-20-35)25-27-14-16-29(44-3)17-15-27/h6-8,11-12,14-17,30H,4-5,9-10,13,18-26,35H2,1-3H3,(H,36,41)/t30-/m1/s1. The number of ether oxygens (including phenoxy) is 1. The fourth-order valence-corrected chi connectivity index (χ4v) is 6.39. The lowest BCUT2D eigenvalue weighted by atomic mass is 9.85. The van der Waals surface area contributed by atoms with Gasteiger partial charge in [0.25, 0.3) is 0 Å². The SMILES string of the molecule is CCN(CC)CCN1CN(c2ccccc2)C2(CCN(C(=O)[C@@H](Cc3ccc(OC)cc3)NC(=O)CCCCN)CC2)C1=O. The molecule has 0 unspecified atom stereocenters. The number of rotatable bonds is 15. The van der Waals surface area contributed by atoms with Crippen LogP contribution in [0.25, 0.3) is 0 Å². The maximum Gasteiger partial charge on any atom is 0.250 e. The molecule has 2 heterocycles. The number of benzene rings is 2. The van der Waals surface area contributed by atoms with Gasteiger partial charge in [-0.15, -0.1) is 0 Å². The first-order chi connectivity index (χ1) is 21.3. The molecule has 4 rings (SSSR count). The largest absolute Gasteiger partial charge is 0.497 e. The predicted molar refractivity (Wildman–Crippen MR) is 173 cm³/mol. The summed E-state index contributed by atoms with van der Waals surface area (Å²) in [4.78, 5) is 49.3. The van der Waals surface area contributed by atoms with E-state index in [-0.39, 0.29) is 17.7 Å². The van der Waals surface area contributed by atoms with E-state index in [0.29, 0.717) is 65.0 Å². The molecule has 2 aromatic rings. The van der Waals surface area contributed by atoms with Gasteiger partial charge >= 0.3 is 0 Å². The van der Waals surface area contributed by atoms with Crippen molar-refractivity contribution in [1.29, 1.82) is 0 Å². The van der Waals surface area contributed by atoms with Gasteiger partial charge in [0.2, 0.25) is 17.7 Å². The van der Waals surface area contributed by atoms with Gasteiger partial charge in [0, 0.05) is 44.7 Å². The molecule has 3 amide bonds. The molecular formula is C34H50N6O4. The number of nitrogens with two attached hydrogens (primary N) is 1. The number of unbranched alkanes of at least 4 members (excludes halogenated alkanes) is 1. The van der Waals surface area contributed by atoms with Crippen molar-refractivity contribution < 1.29 is 19.1 Å². The molecule has 0 aliphatic carbocycles. The second-order valence-corrected chi connectivity index (χ2v) is 11.8. The van der Waals surface area contributed by atoms with Crippen LogP contribution in [0.1, 0.15) is 51.5 Å². The number of hydrogen-bond acceptors (Lipinski definition) is 7. The molecule has 1 atom stereocenters. The number of nitrogens with zero attached hydrogens (tertiary/aromatic N) is 4. The molecule has 0 saturated carbocycles. The first kappa shape index (κ1) is 33.3. The minimum Gasteiger partial charge on any atom is -0.497 e. The lowest BCUT2D eigenvalue weighted by molar-refractivity contribution is -0.140. The van der Waals surface area contributed by atoms with E-state index in [9.17, 15) is 14.4 Å². The molecule has 1 spiro atoms. The zero-order chi connectivity index (χ0) is 31.5. The summed E-state index contributed by atoms with van der Waals surface area (Å²) in [5, 5.41) is 3.01. The Hall–Kier alpha value is -3.63. The van der Waals surface area contributed by atoms with E-state index < -0.39 is 11.6 Å². The van der Waals surface area contributed by atoms with Crippen LogP contribution in [0.3, 0.4) is 0 Å². The summed E-state index contributed by atoms with van der Waals surface area (Å²) in [5.74, 6) is 0.615. The van der Waals surface area contributed by atoms with Crippen LogP contribution < -0.4 is 20.7 Å². The Morgan fingerprint density at radius 3 is 2.32 bits per heavy atom. The number of nitrogens with one attached hydrogen (secondary N) is 1. The monoisotopic (exact) mass is 606 g/mol. The number of amides is 3. The van der Waals surface area contributed by atoms with Gasteiger partial charge in [-0.1, -0.05) is 44.2 Å². The molecule has 2 aromatic carbocycles. The van der Waals surface area contributed by atoms with Crippen LogP contribution in [0.5, 0.6) is 5.75 Å². The lowest BCUT2D eigenvalue weighted by Crippen LogP contribution is -2.59. The van der Waals surface area contributed by atoms with Crippen molar-refractivity contribution in [2.24, 2.45) is 5.73 Å². The second-order valence-electron chi connectivity index (χ2n) is 11.8. The van der Waals surface area contributed by atoms with Crippen molar-refractivity contribution in [3.63, 3.8) is 0 Å². The van der Waals surface area contributed by atoms with E-state index in [2.05, 4.69) is 41.1 Å². The molecule has 3 N–H and O–H groups in total. The van der Waals surface area contributed by atoms with Gasteiger partial charge in [-0.3, -0.25) is 14.4 Å². The van der Waals surface area contributed by atoms with E-state index in [4.69, 9.17) is 10.5 Å². The quantitative estimate of drug-likeness (QED) is 0.300. The number of likely N-dealkylation sites (N-methyl/N-ethyl adjacent to an activating group) is 1. The van der Waals surface area contributed by atoms with Crippen molar-refractivity contribution in [3.05, 3.63) is 60.2 Å². The molecule has 10 nitrogen and oxygen atoms in total. The van der Waals surface area contributed by atoms with Gasteiger partial charge in [-0.05, 0) is 75.1 Å². The summed E-state index contributed by atoms with van der Waals surface area (Å²) in [6.45, 7) is 9.65. The maximum absolute atomic E-state index is 14.1. The van der Waals surface area contributed by atoms with Crippen LogP contribution in [0.15, 0.2) is 54.6 Å². The van der Waals surface area contributed by atoms with E-state index in [1.165, 1.54) is 0 Å². The normalized spacial score (nSPS) is 16.9. The molecule has 240 valence electrons. The van der Waals surface area contributed by atoms with Gasteiger partial charge in [0.05, 0.1) is 13.8 Å². The number of anilines is 1. The fraction of sp³-hybridized carbons (Fsp3) is 0.559. The molecule has 2 aliphatic rings. The zero-order valence-corrected chi connectivity index (χ0v) is 26.7. The zero-order valence-electron chi connectivity index (χ0n) is 26.7. The summed E-state index contributed by atoms with van der Waals surface area (Å²) >= 11 is 0. The fourth-order valence-electron chi connectivity index (χ4n) is 6.39. The van der Waals surface area contributed by atoms with Gasteiger partial charge < -0.3 is 35.4 Å². The topological polar surface area (TPSA) is 111 Å². The lowest BCUT2D eigenvalue weighted by Gasteiger charge is -2.44. The van der Waals surface area contributed by atoms with Crippen LogP contribution in [-0.4, -0.2) is 104 Å². The minimum atomic E-state index is -0.696. The number of carbonyl (C=O) groups excluding carboxylic acids is 3. The van der Waals surface area contributed by atoms with Crippen molar-refractivity contribution in [2.45, 2.75) is 64.0 Å². The Labute approximate surface area is 262 Å². The van der Waals surface area contributed by atoms with Crippen molar-refractivity contribution in [3.8, 4) is 5.75 Å². The highest BCUT2D eigenvalue weighted by Gasteiger charge is 2.54. The number of piperidine rings is 1. The Morgan fingerprint density at radius 1 is 1.02 bits per heavy atom. The van der Waals surface area contributed by atoms with Crippen molar-refractivity contribution in [2.75, 3.05) is 64.5 Å². The third kappa shape index (κ3) is 7.90. The third-order valence-electron chi connectivity index (χ3n) is 9.15. The number of hydrogen-bond donors (Lipinski definition) is 2. The Kier molecular flexibility index (Phi) is 12.0. The maximum atomic E-state index is 14.1. The summed E-state index contributed by atoms with van der Waals surface area (Å²) in [5.41, 5.74) is 6.87. The molecule has 0 aromatic heterocycles. The van der Waals surface area contributed by atoms with Crippen LogP contribution in [-0.2, 0) is 20.8 Å². The average molecular weight is 607 g/mol. The van der Waals surface area contributed by atoms with Crippen molar-refractivity contribution in [1.82, 2.24) is 20.0 Å². The summed E-state index contributed by atoms with van der Waals surface area (Å²) < 4.78 is 5.28. The molecular weight excluding hydrogens is 556 g/mol. The molecule has 2 aliphatic heterocycles. The van der Waals surface area contributed by atoms with Gasteiger partial charge in [-0.25, -0.2) is 0 Å². The first-order valence-corrected chi connectivity index (χ1v) is 16.1. The Balaban J connectivity index is 1.50. The van der Waals surface area contributed by atoms with Gasteiger partial charge in [0.15, 0.2) is 0 Å². The molecule has 44 heavy (non-hydrogen) atoms. The number of likely N-dealkylation sites (tertiary alicyclic amines) is 1. The van der Waals surface area contributed by atoms with Gasteiger partial charge in [-0.2, -0.15) is 0 Å². The van der Waals surface area contributed by atoms with Crippen LogP contribution in [0.2, 0.25) is 0 Å². The van der Waals surface area contributed by atoms with Crippen LogP contribution in [0, 0.1) is 0 Å². The Bertz CT molecular complexity index is 1210. The van der Waals surface area contributed by atoms with E-state index >= 15 is 0 Å². The van der Waals surface area contributed by atoms with E-state index in [0.717, 1.165) is 43.1 Å². The summed E-state index contributed by atoms with van der Waals surface area (Å²) in [6, 6.07) is 17.0. The molecule has 0 bridgehead atoms. The van der Waals surface area contributed by atoms with Crippen molar-refractivity contribution >= 4 is 23.4 Å². The highest BCUT2D eigenvalue weighted by Crippen LogP contribution is 2.39. The highest BCUT2D eigenvalue weighted by molar-refractivity contribution is 5.94. The van der Waals surface area contributed by atoms with E-state index in [1.54, 1.807) is 7.11 Å². The second kappa shape index (κ2) is 15.9. The summed E-state index contributed by atoms with van der Waals surface area (Å²) in [7, 11) is 1.62. The third-order valence-corrected chi connectivity index (χ3v) is 9.15. The van der Waals surface area contributed by atoms with Crippen LogP contribution >= 0.6 is 0 Å². The summed E-state index contributed by atoms with van der Waals surface area (Å²) in [6.07, 6.45) is 3.22. The number of para-hydroxylation sites is 1. The molecule has 10 heteroatoms. The Morgan fingerprint density at radius 2 is 1.70 bits per heavy atom. The smallest absolute Gasteiger partial charge is 0.250 e. The molecule has 2 fully saturated rings. The van der Waals surface area contributed by atoms with E-state index in [1.807, 2.05) is 52.3 Å². The highest BCUT2D eigenvalue weighted by atomic mass is 16.5. The number of carbonyl (C=O) groups is 3. The molecule has 0 radical (unpaired) electrons. The predicted octanol–water partition coefficient (Wildman–Crippen LogP) is 2.86. The average Bonchev–Trinajstić information content (AvgIpc) is 3.32. The minimum absolute atomic E-state index is 0.113.